The number of carboxylic acid groups (broad SMARTS) is 1. The molecule has 2 rings (SSSR count). The first-order chi connectivity index (χ1) is 9.58. The number of piperidine rings is 1. The first-order valence-electron chi connectivity index (χ1n) is 7.18. The largest absolute Gasteiger partial charge is 0.481 e. The van der Waals surface area contributed by atoms with Crippen LogP contribution in [0.1, 0.15) is 31.9 Å². The highest BCUT2D eigenvalue weighted by atomic mass is 32.2. The zero-order valence-electron chi connectivity index (χ0n) is 12.2. The predicted molar refractivity (Wildman–Crippen MR) is 80.2 cm³/mol. The third-order valence-electron chi connectivity index (χ3n) is 3.80. The van der Waals surface area contributed by atoms with Crippen molar-refractivity contribution in [3.63, 3.8) is 0 Å². The number of nitrogens with zero attached hydrogens (tertiary/aromatic N) is 3. The summed E-state index contributed by atoms with van der Waals surface area (Å²) in [5.41, 5.74) is 1.10. The minimum absolute atomic E-state index is 0.0640. The summed E-state index contributed by atoms with van der Waals surface area (Å²) in [5.74, 6) is -0.736. The van der Waals surface area contributed by atoms with Crippen LogP contribution < -0.4 is 0 Å². The van der Waals surface area contributed by atoms with E-state index < -0.39 is 5.97 Å². The van der Waals surface area contributed by atoms with Crippen molar-refractivity contribution >= 4 is 17.7 Å². The number of hydrogen-bond donors (Lipinski definition) is 1. The molecule has 6 heteroatoms. The zero-order valence-corrected chi connectivity index (χ0v) is 13.0. The maximum atomic E-state index is 10.7. The highest BCUT2D eigenvalue weighted by molar-refractivity contribution is 7.99. The van der Waals surface area contributed by atoms with Gasteiger partial charge in [-0.3, -0.25) is 9.69 Å². The van der Waals surface area contributed by atoms with E-state index in [1.54, 1.807) is 0 Å². The van der Waals surface area contributed by atoms with Gasteiger partial charge in [0, 0.05) is 24.5 Å². The normalized spacial score (nSPS) is 18.1. The Morgan fingerprint density at radius 2 is 2.15 bits per heavy atom. The second kappa shape index (κ2) is 7.13. The van der Waals surface area contributed by atoms with Crippen LogP contribution in [-0.2, 0) is 11.3 Å². The molecule has 1 aliphatic rings. The molecule has 0 radical (unpaired) electrons. The fourth-order valence-electron chi connectivity index (χ4n) is 2.64. The first kappa shape index (κ1) is 15.4. The van der Waals surface area contributed by atoms with Gasteiger partial charge in [0.05, 0.1) is 5.75 Å². The Morgan fingerprint density at radius 3 is 2.80 bits per heavy atom. The molecule has 1 fully saturated rings. The molecule has 20 heavy (non-hydrogen) atoms. The summed E-state index contributed by atoms with van der Waals surface area (Å²) >= 11 is 1.30. The number of aliphatic carboxylic acids is 1. The fourth-order valence-corrected chi connectivity index (χ4v) is 3.40. The van der Waals surface area contributed by atoms with Gasteiger partial charge >= 0.3 is 5.97 Å². The lowest BCUT2D eigenvalue weighted by atomic mass is 10.1. The van der Waals surface area contributed by atoms with Gasteiger partial charge < -0.3 is 9.67 Å². The average Bonchev–Trinajstić information content (AvgIpc) is 2.78. The van der Waals surface area contributed by atoms with Crippen molar-refractivity contribution in [3.05, 3.63) is 11.9 Å². The predicted octanol–water partition coefficient (Wildman–Crippen LogP) is 2.24. The molecule has 2 heterocycles. The van der Waals surface area contributed by atoms with Crippen molar-refractivity contribution in [3.8, 4) is 0 Å². The Kier molecular flexibility index (Phi) is 5.48. The summed E-state index contributed by atoms with van der Waals surface area (Å²) in [4.78, 5) is 17.5. The number of carboxylic acids is 1. The second-order valence-corrected chi connectivity index (χ2v) is 6.36. The molecule has 0 aromatic carbocycles. The Balaban J connectivity index is 2.00. The zero-order chi connectivity index (χ0) is 14.5. The van der Waals surface area contributed by atoms with Crippen LogP contribution in [0.25, 0.3) is 0 Å². The van der Waals surface area contributed by atoms with Crippen molar-refractivity contribution in [2.75, 3.05) is 18.8 Å². The lowest BCUT2D eigenvalue weighted by Crippen LogP contribution is -2.40. The molecule has 1 aromatic heterocycles. The minimum atomic E-state index is -0.800. The third-order valence-corrected chi connectivity index (χ3v) is 4.78. The van der Waals surface area contributed by atoms with Crippen LogP contribution in [0.15, 0.2) is 11.4 Å². The average molecular weight is 297 g/mol. The maximum absolute atomic E-state index is 10.7. The molecule has 0 amide bonds. The molecule has 5 nitrogen and oxygen atoms in total. The Morgan fingerprint density at radius 1 is 1.45 bits per heavy atom. The Labute approximate surface area is 124 Å². The number of imidazole rings is 1. The molecule has 1 aliphatic heterocycles. The van der Waals surface area contributed by atoms with Crippen LogP contribution in [0.4, 0.5) is 0 Å². The third kappa shape index (κ3) is 3.99. The summed E-state index contributed by atoms with van der Waals surface area (Å²) in [6, 6.07) is 0.465. The molecule has 0 aliphatic carbocycles. The van der Waals surface area contributed by atoms with Crippen molar-refractivity contribution in [1.82, 2.24) is 14.5 Å². The van der Waals surface area contributed by atoms with E-state index in [1.165, 1.54) is 44.1 Å². The fraction of sp³-hybridized carbons (Fsp3) is 0.714. The van der Waals surface area contributed by atoms with E-state index in [1.807, 2.05) is 13.1 Å². The number of carbonyl (C=O) groups is 1. The molecule has 1 aromatic rings. The van der Waals surface area contributed by atoms with E-state index in [0.29, 0.717) is 6.04 Å². The molecular weight excluding hydrogens is 274 g/mol. The molecule has 0 bridgehead atoms. The van der Waals surface area contributed by atoms with Crippen molar-refractivity contribution in [1.29, 1.82) is 0 Å². The maximum Gasteiger partial charge on any atom is 0.313 e. The van der Waals surface area contributed by atoms with Gasteiger partial charge in [0.25, 0.3) is 0 Å². The number of likely N-dealkylation sites (tertiary alicyclic amines) is 1. The van der Waals surface area contributed by atoms with E-state index in [4.69, 9.17) is 5.11 Å². The van der Waals surface area contributed by atoms with E-state index in [-0.39, 0.29) is 5.75 Å². The lowest BCUT2D eigenvalue weighted by molar-refractivity contribution is -0.133. The van der Waals surface area contributed by atoms with Gasteiger partial charge in [-0.25, -0.2) is 4.98 Å². The molecule has 0 spiro atoms. The van der Waals surface area contributed by atoms with Crippen molar-refractivity contribution in [2.24, 2.45) is 0 Å². The van der Waals surface area contributed by atoms with Crippen LogP contribution in [-0.4, -0.2) is 50.4 Å². The van der Waals surface area contributed by atoms with Crippen LogP contribution in [0.5, 0.6) is 0 Å². The van der Waals surface area contributed by atoms with Gasteiger partial charge in [-0.15, -0.1) is 0 Å². The van der Waals surface area contributed by atoms with Gasteiger partial charge in [0.2, 0.25) is 0 Å². The highest BCUT2D eigenvalue weighted by Gasteiger charge is 2.19. The van der Waals surface area contributed by atoms with E-state index in [9.17, 15) is 4.79 Å². The number of thioether (sulfide) groups is 1. The molecular formula is C14H23N3O2S. The second-order valence-electron chi connectivity index (χ2n) is 5.42. The topological polar surface area (TPSA) is 58.4 Å². The standard InChI is InChI=1S/C14H23N3O2S/c1-11-8-15-14(20-10-13(18)19)17(11)9-12(2)16-6-4-3-5-7-16/h8,12H,3-7,9-10H2,1-2H3,(H,18,19). The monoisotopic (exact) mass is 297 g/mol. The van der Waals surface area contributed by atoms with Crippen LogP contribution in [0.2, 0.25) is 0 Å². The van der Waals surface area contributed by atoms with E-state index in [0.717, 1.165) is 17.4 Å². The summed E-state index contributed by atoms with van der Waals surface area (Å²) < 4.78 is 2.15. The highest BCUT2D eigenvalue weighted by Crippen LogP contribution is 2.20. The smallest absolute Gasteiger partial charge is 0.313 e. The van der Waals surface area contributed by atoms with Crippen LogP contribution >= 0.6 is 11.8 Å². The van der Waals surface area contributed by atoms with Gasteiger partial charge in [-0.1, -0.05) is 18.2 Å². The summed E-state index contributed by atoms with van der Waals surface area (Å²) in [6.07, 6.45) is 5.74. The summed E-state index contributed by atoms with van der Waals surface area (Å²) in [6.45, 7) is 7.50. The molecule has 1 atom stereocenters. The van der Waals surface area contributed by atoms with Gasteiger partial charge in [-0.05, 0) is 39.8 Å². The first-order valence-corrected chi connectivity index (χ1v) is 8.17. The Bertz CT molecular complexity index is 455. The lowest BCUT2D eigenvalue weighted by Gasteiger charge is -2.33. The number of aromatic nitrogens is 2. The van der Waals surface area contributed by atoms with Gasteiger partial charge in [-0.2, -0.15) is 0 Å². The van der Waals surface area contributed by atoms with Gasteiger partial charge in [0.15, 0.2) is 5.16 Å². The number of rotatable bonds is 6. The van der Waals surface area contributed by atoms with Crippen molar-refractivity contribution < 1.29 is 9.90 Å². The molecule has 1 saturated heterocycles. The van der Waals surface area contributed by atoms with Crippen LogP contribution in [0.3, 0.4) is 0 Å². The number of aryl methyl sites for hydroxylation is 1. The summed E-state index contributed by atoms with van der Waals surface area (Å²) in [7, 11) is 0. The Hall–Kier alpha value is -1.01. The van der Waals surface area contributed by atoms with E-state index >= 15 is 0 Å². The van der Waals surface area contributed by atoms with Crippen LogP contribution in [0, 0.1) is 6.92 Å². The van der Waals surface area contributed by atoms with Crippen molar-refractivity contribution in [2.45, 2.75) is 50.9 Å². The molecule has 1 N–H and O–H groups in total. The SMILES string of the molecule is Cc1cnc(SCC(=O)O)n1CC(C)N1CCCCC1. The number of hydrogen-bond acceptors (Lipinski definition) is 4. The van der Waals surface area contributed by atoms with E-state index in [2.05, 4.69) is 21.4 Å². The quantitative estimate of drug-likeness (QED) is 0.816. The molecule has 112 valence electrons. The minimum Gasteiger partial charge on any atom is -0.481 e. The molecule has 1 unspecified atom stereocenters. The summed E-state index contributed by atoms with van der Waals surface area (Å²) in [5, 5.41) is 9.61. The van der Waals surface area contributed by atoms with Gasteiger partial charge in [0.1, 0.15) is 0 Å². The molecule has 0 saturated carbocycles.